The lowest BCUT2D eigenvalue weighted by Gasteiger charge is -2.09. The van der Waals surface area contributed by atoms with Crippen LogP contribution in [-0.2, 0) is 4.79 Å². The summed E-state index contributed by atoms with van der Waals surface area (Å²) in [5.74, 6) is 0. The Morgan fingerprint density at radius 2 is 1.94 bits per heavy atom. The van der Waals surface area contributed by atoms with Gasteiger partial charge in [0.15, 0.2) is 0 Å². The largest absolute Gasteiger partial charge is 0.384 e. The van der Waals surface area contributed by atoms with Crippen LogP contribution < -0.4 is 5.32 Å². The number of benzene rings is 2. The maximum absolute atomic E-state index is 10.5. The monoisotopic (exact) mass is 303 g/mol. The summed E-state index contributed by atoms with van der Waals surface area (Å²) in [7, 11) is 0. The first kappa shape index (κ1) is 11.4. The molecular formula is C14H10BrNO2. The number of carbonyl (C=O) groups excluding carboxylic acids is 1. The number of rotatable bonds is 2. The minimum absolute atomic E-state index is 0.626. The number of hydrogen-bond donors (Lipinski definition) is 2. The Balaban J connectivity index is 2.22. The quantitative estimate of drug-likeness (QED) is 0.838. The molecule has 1 aliphatic rings. The van der Waals surface area contributed by atoms with Crippen LogP contribution in [0.25, 0.3) is 11.1 Å². The first-order valence-corrected chi connectivity index (χ1v) is 6.32. The molecule has 0 aliphatic heterocycles. The molecule has 0 fully saturated rings. The Morgan fingerprint density at radius 3 is 2.72 bits per heavy atom. The van der Waals surface area contributed by atoms with E-state index in [1.165, 1.54) is 0 Å². The fourth-order valence-electron chi connectivity index (χ4n) is 2.37. The molecule has 1 atom stereocenters. The molecule has 3 rings (SSSR count). The van der Waals surface area contributed by atoms with Crippen LogP contribution >= 0.6 is 15.9 Å². The minimum atomic E-state index is -0.628. The van der Waals surface area contributed by atoms with Crippen LogP contribution in [0.5, 0.6) is 0 Å². The van der Waals surface area contributed by atoms with E-state index >= 15 is 0 Å². The molecule has 1 amide bonds. The van der Waals surface area contributed by atoms with Gasteiger partial charge >= 0.3 is 0 Å². The van der Waals surface area contributed by atoms with Gasteiger partial charge in [-0.15, -0.1) is 0 Å². The highest BCUT2D eigenvalue weighted by molar-refractivity contribution is 9.10. The molecular weight excluding hydrogens is 294 g/mol. The second-order valence-electron chi connectivity index (χ2n) is 4.17. The second-order valence-corrected chi connectivity index (χ2v) is 5.03. The predicted molar refractivity (Wildman–Crippen MR) is 73.3 cm³/mol. The average Bonchev–Trinajstić information content (AvgIpc) is 2.65. The smallest absolute Gasteiger partial charge is 0.211 e. The fourth-order valence-corrected chi connectivity index (χ4v) is 2.83. The van der Waals surface area contributed by atoms with Crippen molar-refractivity contribution in [2.45, 2.75) is 6.10 Å². The highest BCUT2D eigenvalue weighted by Crippen LogP contribution is 2.46. The number of halogens is 1. The number of hydrogen-bond acceptors (Lipinski definition) is 2. The van der Waals surface area contributed by atoms with Gasteiger partial charge in [0.25, 0.3) is 0 Å². The summed E-state index contributed by atoms with van der Waals surface area (Å²) in [4.78, 5) is 10.5. The van der Waals surface area contributed by atoms with Gasteiger partial charge in [0.05, 0.1) is 5.69 Å². The van der Waals surface area contributed by atoms with Crippen molar-refractivity contribution in [1.29, 1.82) is 0 Å². The molecule has 1 aliphatic carbocycles. The zero-order valence-electron chi connectivity index (χ0n) is 9.35. The third-order valence-corrected chi connectivity index (χ3v) is 3.85. The van der Waals surface area contributed by atoms with Crippen molar-refractivity contribution in [2.75, 3.05) is 5.32 Å². The number of amides is 1. The van der Waals surface area contributed by atoms with E-state index in [4.69, 9.17) is 0 Å². The molecule has 2 aromatic carbocycles. The highest BCUT2D eigenvalue weighted by Gasteiger charge is 2.27. The number of nitrogens with one attached hydrogen (secondary N) is 1. The van der Waals surface area contributed by atoms with Crippen molar-refractivity contribution < 1.29 is 9.90 Å². The molecule has 2 aromatic rings. The normalized spacial score (nSPS) is 16.0. The SMILES string of the molecule is O=CNc1cc2c(cc1Br)-c1ccccc1C2O. The van der Waals surface area contributed by atoms with Crippen LogP contribution in [0, 0.1) is 0 Å². The Kier molecular flexibility index (Phi) is 2.69. The zero-order chi connectivity index (χ0) is 12.7. The number of anilines is 1. The molecule has 0 radical (unpaired) electrons. The van der Waals surface area contributed by atoms with Crippen LogP contribution in [0.4, 0.5) is 5.69 Å². The van der Waals surface area contributed by atoms with Crippen molar-refractivity contribution in [3.8, 4) is 11.1 Å². The second kappa shape index (κ2) is 4.23. The van der Waals surface area contributed by atoms with Crippen molar-refractivity contribution in [3.05, 3.63) is 52.0 Å². The van der Waals surface area contributed by atoms with E-state index < -0.39 is 6.10 Å². The Labute approximate surface area is 113 Å². The lowest BCUT2D eigenvalue weighted by molar-refractivity contribution is -0.105. The van der Waals surface area contributed by atoms with Crippen molar-refractivity contribution >= 4 is 28.0 Å². The molecule has 0 bridgehead atoms. The van der Waals surface area contributed by atoms with E-state index in [1.54, 1.807) is 6.07 Å². The van der Waals surface area contributed by atoms with E-state index in [1.807, 2.05) is 30.3 Å². The van der Waals surface area contributed by atoms with Gasteiger partial charge in [-0.1, -0.05) is 24.3 Å². The Morgan fingerprint density at radius 1 is 1.17 bits per heavy atom. The summed E-state index contributed by atoms with van der Waals surface area (Å²) in [5, 5.41) is 12.9. The van der Waals surface area contributed by atoms with Crippen LogP contribution in [0.2, 0.25) is 0 Å². The first-order valence-electron chi connectivity index (χ1n) is 5.53. The van der Waals surface area contributed by atoms with Crippen molar-refractivity contribution in [1.82, 2.24) is 0 Å². The predicted octanol–water partition coefficient (Wildman–Crippen LogP) is 3.08. The van der Waals surface area contributed by atoms with Gasteiger partial charge in [-0.05, 0) is 50.3 Å². The van der Waals surface area contributed by atoms with E-state index in [9.17, 15) is 9.90 Å². The van der Waals surface area contributed by atoms with Crippen molar-refractivity contribution in [3.63, 3.8) is 0 Å². The maximum Gasteiger partial charge on any atom is 0.211 e. The summed E-state index contributed by atoms with van der Waals surface area (Å²) >= 11 is 3.42. The van der Waals surface area contributed by atoms with E-state index in [2.05, 4.69) is 21.2 Å². The van der Waals surface area contributed by atoms with E-state index in [0.717, 1.165) is 26.7 Å². The zero-order valence-corrected chi connectivity index (χ0v) is 10.9. The fraction of sp³-hybridized carbons (Fsp3) is 0.0714. The van der Waals surface area contributed by atoms with Gasteiger partial charge in [0, 0.05) is 4.47 Å². The first-order chi connectivity index (χ1) is 8.72. The summed E-state index contributed by atoms with van der Waals surface area (Å²) in [6.07, 6.45) is -0.00228. The molecule has 0 spiro atoms. The van der Waals surface area contributed by atoms with Crippen LogP contribution in [-0.4, -0.2) is 11.5 Å². The third-order valence-electron chi connectivity index (χ3n) is 3.19. The third kappa shape index (κ3) is 1.57. The van der Waals surface area contributed by atoms with E-state index in [0.29, 0.717) is 12.1 Å². The standard InChI is InChI=1S/C14H10BrNO2/c15-12-5-10-8-3-1-2-4-9(8)14(18)11(10)6-13(12)16-7-17/h1-7,14,18H,(H,16,17). The van der Waals surface area contributed by atoms with Gasteiger partial charge in [-0.25, -0.2) is 0 Å². The summed E-state index contributed by atoms with van der Waals surface area (Å²) in [6, 6.07) is 11.5. The van der Waals surface area contributed by atoms with Crippen LogP contribution in [0.1, 0.15) is 17.2 Å². The Bertz CT molecular complexity index is 640. The summed E-state index contributed by atoms with van der Waals surface area (Å²) in [5.41, 5.74) is 4.43. The molecule has 4 heteroatoms. The lowest BCUT2D eigenvalue weighted by atomic mass is 10.1. The maximum atomic E-state index is 10.5. The topological polar surface area (TPSA) is 49.3 Å². The molecule has 2 N–H and O–H groups in total. The molecule has 3 nitrogen and oxygen atoms in total. The average molecular weight is 304 g/mol. The van der Waals surface area contributed by atoms with Gasteiger partial charge in [-0.3, -0.25) is 4.79 Å². The number of aliphatic hydroxyl groups excluding tert-OH is 1. The molecule has 18 heavy (non-hydrogen) atoms. The molecule has 0 saturated heterocycles. The molecule has 0 saturated carbocycles. The van der Waals surface area contributed by atoms with Gasteiger partial charge in [0.1, 0.15) is 6.10 Å². The van der Waals surface area contributed by atoms with Gasteiger partial charge in [0.2, 0.25) is 6.41 Å². The number of aliphatic hydroxyl groups is 1. The highest BCUT2D eigenvalue weighted by atomic mass is 79.9. The number of fused-ring (bicyclic) bond motifs is 3. The van der Waals surface area contributed by atoms with E-state index in [-0.39, 0.29) is 0 Å². The Hall–Kier alpha value is -1.65. The van der Waals surface area contributed by atoms with Crippen LogP contribution in [0.15, 0.2) is 40.9 Å². The van der Waals surface area contributed by atoms with Crippen molar-refractivity contribution in [2.24, 2.45) is 0 Å². The summed E-state index contributed by atoms with van der Waals surface area (Å²) < 4.78 is 0.803. The van der Waals surface area contributed by atoms with Crippen LogP contribution in [0.3, 0.4) is 0 Å². The summed E-state index contributed by atoms with van der Waals surface area (Å²) in [6.45, 7) is 0. The molecule has 0 aromatic heterocycles. The minimum Gasteiger partial charge on any atom is -0.384 e. The lowest BCUT2D eigenvalue weighted by Crippen LogP contribution is -1.98. The number of carbonyl (C=O) groups is 1. The molecule has 0 heterocycles. The molecule has 90 valence electrons. The van der Waals surface area contributed by atoms with Gasteiger partial charge in [-0.2, -0.15) is 0 Å². The molecule has 1 unspecified atom stereocenters. The van der Waals surface area contributed by atoms with Gasteiger partial charge < -0.3 is 10.4 Å².